The third-order valence-electron chi connectivity index (χ3n) is 1.39. The number of hydrogen-bond acceptors (Lipinski definition) is 5. The Kier molecular flexibility index (Phi) is 4.64. The third kappa shape index (κ3) is 5.60. The van der Waals surface area contributed by atoms with Crippen LogP contribution >= 0.6 is 0 Å². The predicted molar refractivity (Wildman–Crippen MR) is 50.7 cm³/mol. The zero-order valence-electron chi connectivity index (χ0n) is 7.95. The van der Waals surface area contributed by atoms with Crippen molar-refractivity contribution >= 4 is 16.7 Å². The van der Waals surface area contributed by atoms with E-state index in [1.165, 1.54) is 0 Å². The van der Waals surface area contributed by atoms with Crippen LogP contribution in [0.1, 0.15) is 0 Å². The zero-order chi connectivity index (χ0) is 11.2. The van der Waals surface area contributed by atoms with Crippen LogP contribution in [0.15, 0.2) is 30.2 Å². The van der Waals surface area contributed by atoms with Crippen molar-refractivity contribution in [3.63, 3.8) is 0 Å². The minimum Gasteiger partial charge on any atom is -0.726 e. The lowest BCUT2D eigenvalue weighted by molar-refractivity contribution is -0.696. The molecule has 0 radical (unpaired) electrons. The summed E-state index contributed by atoms with van der Waals surface area (Å²) in [6, 6.07) is 0. The van der Waals surface area contributed by atoms with E-state index in [0.717, 1.165) is 7.11 Å². The molecule has 0 saturated heterocycles. The zero-order valence-corrected chi connectivity index (χ0v) is 8.77. The van der Waals surface area contributed by atoms with Gasteiger partial charge in [0.1, 0.15) is 6.20 Å². The van der Waals surface area contributed by atoms with E-state index >= 15 is 0 Å². The maximum atomic E-state index is 9.22. The van der Waals surface area contributed by atoms with Crippen molar-refractivity contribution in [2.45, 2.75) is 0 Å². The van der Waals surface area contributed by atoms with Gasteiger partial charge in [-0.2, -0.15) is 0 Å². The van der Waals surface area contributed by atoms with Gasteiger partial charge in [-0.05, 0) is 6.58 Å². The van der Waals surface area contributed by atoms with E-state index in [9.17, 15) is 13.0 Å². The van der Waals surface area contributed by atoms with Crippen molar-refractivity contribution < 1.29 is 21.6 Å². The maximum absolute atomic E-state index is 9.22. The van der Waals surface area contributed by atoms with Crippen LogP contribution in [0.25, 0.3) is 0 Å². The summed E-state index contributed by atoms with van der Waals surface area (Å²) < 4.78 is 31.6. The molecule has 0 aromatic heterocycles. The van der Waals surface area contributed by atoms with Gasteiger partial charge in [-0.1, -0.05) is 0 Å². The summed E-state index contributed by atoms with van der Waals surface area (Å²) in [6.07, 6.45) is 7.34. The Labute approximate surface area is 83.4 Å². The molecule has 14 heavy (non-hydrogen) atoms. The SMILES string of the molecule is C=C[N+]1(C)C=CN=C1.COS(=O)(=O)[O-]. The second kappa shape index (κ2) is 5.01. The average Bonchev–Trinajstić information content (AvgIpc) is 2.53. The van der Waals surface area contributed by atoms with E-state index in [1.807, 2.05) is 25.8 Å². The molecule has 1 rings (SSSR count). The van der Waals surface area contributed by atoms with Gasteiger partial charge < -0.3 is 4.55 Å². The molecular formula is C7H12N2O4S. The molecule has 0 saturated carbocycles. The molecule has 1 atom stereocenters. The van der Waals surface area contributed by atoms with E-state index in [-0.39, 0.29) is 0 Å². The molecule has 0 aromatic rings. The van der Waals surface area contributed by atoms with Crippen molar-refractivity contribution in [1.29, 1.82) is 0 Å². The van der Waals surface area contributed by atoms with Crippen LogP contribution in [0, 0.1) is 0 Å². The Morgan fingerprint density at radius 2 is 2.14 bits per heavy atom. The number of nitrogens with zero attached hydrogens (tertiary/aromatic N) is 2. The molecule has 0 N–H and O–H groups in total. The van der Waals surface area contributed by atoms with Crippen LogP contribution in [0.3, 0.4) is 0 Å². The molecule has 1 heterocycles. The van der Waals surface area contributed by atoms with E-state index < -0.39 is 10.4 Å². The molecule has 0 spiro atoms. The Balaban J connectivity index is 0.000000255. The molecule has 7 heteroatoms. The lowest BCUT2D eigenvalue weighted by Gasteiger charge is -2.13. The van der Waals surface area contributed by atoms with Gasteiger partial charge in [0.2, 0.25) is 10.4 Å². The molecule has 1 unspecified atom stereocenters. The topological polar surface area (TPSA) is 78.8 Å². The fourth-order valence-corrected chi connectivity index (χ4v) is 0.511. The van der Waals surface area contributed by atoms with E-state index in [1.54, 1.807) is 6.20 Å². The third-order valence-corrected chi connectivity index (χ3v) is 1.80. The highest BCUT2D eigenvalue weighted by molar-refractivity contribution is 7.80. The van der Waals surface area contributed by atoms with Crippen LogP contribution < -0.4 is 0 Å². The van der Waals surface area contributed by atoms with Gasteiger partial charge in [0, 0.05) is 0 Å². The molecule has 1 aliphatic heterocycles. The lowest BCUT2D eigenvalue weighted by Crippen LogP contribution is -2.26. The first-order valence-corrected chi connectivity index (χ1v) is 4.89. The number of hydrogen-bond donors (Lipinski definition) is 0. The quantitative estimate of drug-likeness (QED) is 0.378. The van der Waals surface area contributed by atoms with Gasteiger partial charge in [0.25, 0.3) is 0 Å². The second-order valence-electron chi connectivity index (χ2n) is 2.54. The van der Waals surface area contributed by atoms with Crippen LogP contribution in [-0.2, 0) is 14.6 Å². The number of rotatable bonds is 2. The fraction of sp³-hybridized carbons (Fsp3) is 0.286. The van der Waals surface area contributed by atoms with Gasteiger partial charge >= 0.3 is 0 Å². The lowest BCUT2D eigenvalue weighted by atomic mass is 10.6. The highest BCUT2D eigenvalue weighted by atomic mass is 32.3. The van der Waals surface area contributed by atoms with Crippen LogP contribution in [0.2, 0.25) is 0 Å². The molecule has 0 fully saturated rings. The van der Waals surface area contributed by atoms with Gasteiger partial charge in [0.05, 0.1) is 26.6 Å². The number of aliphatic imine (C=N–C) groups is 1. The number of quaternary nitrogens is 1. The van der Waals surface area contributed by atoms with Crippen LogP contribution in [-0.4, -0.2) is 37.9 Å². The molecule has 0 amide bonds. The summed E-state index contributed by atoms with van der Waals surface area (Å²) in [4.78, 5) is 3.90. The van der Waals surface area contributed by atoms with Crippen LogP contribution in [0.4, 0.5) is 0 Å². The van der Waals surface area contributed by atoms with Gasteiger partial charge in [0.15, 0.2) is 6.34 Å². The average molecular weight is 220 g/mol. The normalized spacial score (nSPS) is 24.2. The second-order valence-corrected chi connectivity index (χ2v) is 3.69. The maximum Gasteiger partial charge on any atom is 0.217 e. The molecular weight excluding hydrogens is 208 g/mol. The monoisotopic (exact) mass is 220 g/mol. The first-order valence-electron chi connectivity index (χ1n) is 3.55. The summed E-state index contributed by atoms with van der Waals surface area (Å²) in [5.41, 5.74) is 0. The Bertz CT molecular complexity index is 333. The summed E-state index contributed by atoms with van der Waals surface area (Å²) in [6.45, 7) is 3.64. The highest BCUT2D eigenvalue weighted by Crippen LogP contribution is 2.05. The minimum atomic E-state index is -4.41. The van der Waals surface area contributed by atoms with E-state index in [2.05, 4.69) is 15.8 Å². The summed E-state index contributed by atoms with van der Waals surface area (Å²) in [5, 5.41) is 0. The van der Waals surface area contributed by atoms with Crippen LogP contribution in [0.5, 0.6) is 0 Å². The van der Waals surface area contributed by atoms with Crippen molar-refractivity contribution in [1.82, 2.24) is 0 Å². The van der Waals surface area contributed by atoms with E-state index in [0.29, 0.717) is 4.48 Å². The molecule has 0 aliphatic carbocycles. The van der Waals surface area contributed by atoms with Gasteiger partial charge in [-0.15, -0.1) is 0 Å². The van der Waals surface area contributed by atoms with Gasteiger partial charge in [-0.25, -0.2) is 17.9 Å². The molecule has 0 aromatic carbocycles. The molecule has 0 bridgehead atoms. The fourth-order valence-electron chi connectivity index (χ4n) is 0.511. The van der Waals surface area contributed by atoms with Crippen molar-refractivity contribution in [2.75, 3.05) is 14.2 Å². The first kappa shape index (κ1) is 13.0. The first-order chi connectivity index (χ1) is 6.33. The summed E-state index contributed by atoms with van der Waals surface area (Å²) in [7, 11) is -1.60. The van der Waals surface area contributed by atoms with Crippen molar-refractivity contribution in [2.24, 2.45) is 4.99 Å². The Hall–Kier alpha value is -1.02. The van der Waals surface area contributed by atoms with Crippen molar-refractivity contribution in [3.8, 4) is 0 Å². The summed E-state index contributed by atoms with van der Waals surface area (Å²) in [5.74, 6) is 0. The summed E-state index contributed by atoms with van der Waals surface area (Å²) >= 11 is 0. The highest BCUT2D eigenvalue weighted by Gasteiger charge is 2.13. The molecule has 1 aliphatic rings. The molecule has 6 nitrogen and oxygen atoms in total. The minimum absolute atomic E-state index is 0.611. The largest absolute Gasteiger partial charge is 0.726 e. The standard InChI is InChI=1S/C6H9N2.CH4O4S/c1-3-8(2)5-4-7-6-8;1-5-6(2,3)4/h3-6H,1H2,2H3;1H3,(H,2,3,4)/q+1;/p-1. The predicted octanol–water partition coefficient (Wildman–Crippen LogP) is 0.183. The van der Waals surface area contributed by atoms with Gasteiger partial charge in [-0.3, -0.25) is 4.18 Å². The smallest absolute Gasteiger partial charge is 0.217 e. The van der Waals surface area contributed by atoms with Crippen molar-refractivity contribution in [3.05, 3.63) is 25.2 Å². The van der Waals surface area contributed by atoms with E-state index in [4.69, 9.17) is 0 Å². The molecule has 80 valence electrons. The Morgan fingerprint density at radius 1 is 1.64 bits per heavy atom. The Morgan fingerprint density at radius 3 is 2.29 bits per heavy atom.